The molecule has 0 aromatic heterocycles. The molecule has 0 heterocycles. The Balaban J connectivity index is 2.98. The summed E-state index contributed by atoms with van der Waals surface area (Å²) in [6.07, 6.45) is 0. The highest BCUT2D eigenvalue weighted by Gasteiger charge is 1.98. The summed E-state index contributed by atoms with van der Waals surface area (Å²) in [5.74, 6) is -0.532. The van der Waals surface area contributed by atoms with Crippen LogP contribution in [0.3, 0.4) is 0 Å². The van der Waals surface area contributed by atoms with Crippen LogP contribution in [0.4, 0.5) is 10.1 Å². The van der Waals surface area contributed by atoms with Crippen molar-refractivity contribution in [3.05, 3.63) is 29.6 Å². The van der Waals surface area contributed by atoms with Crippen molar-refractivity contribution in [2.24, 2.45) is 10.7 Å². The topological polar surface area (TPSA) is 70.6 Å². The molecule has 0 amide bonds. The maximum Gasteiger partial charge on any atom is 0.218 e. The first-order chi connectivity index (χ1) is 6.13. The Kier molecular flexibility index (Phi) is 2.81. The molecule has 4 nitrogen and oxygen atoms in total. The molecular formula is C8H10FN3O. The molecule has 5 heteroatoms. The fourth-order valence-corrected chi connectivity index (χ4v) is 0.815. The number of halogens is 1. The first-order valence-electron chi connectivity index (χ1n) is 3.64. The van der Waals surface area contributed by atoms with E-state index in [-0.39, 0.29) is 11.8 Å². The zero-order valence-electron chi connectivity index (χ0n) is 7.08. The fraction of sp³-hybridized carbons (Fsp3) is 0.125. The number of hydrogen-bond donors (Lipinski definition) is 3. The Hall–Kier alpha value is -1.62. The highest BCUT2D eigenvalue weighted by molar-refractivity contribution is 5.79. The predicted molar refractivity (Wildman–Crippen MR) is 47.3 cm³/mol. The Morgan fingerprint density at radius 3 is 2.85 bits per heavy atom. The van der Waals surface area contributed by atoms with Crippen LogP contribution in [0.25, 0.3) is 0 Å². The van der Waals surface area contributed by atoms with E-state index in [2.05, 4.69) is 4.99 Å². The minimum Gasteiger partial charge on any atom is -0.368 e. The molecule has 1 aromatic carbocycles. The number of nitrogens with one attached hydrogen (secondary N) is 1. The smallest absolute Gasteiger partial charge is 0.218 e. The van der Waals surface area contributed by atoms with Crippen molar-refractivity contribution in [2.45, 2.75) is 6.92 Å². The predicted octanol–water partition coefficient (Wildman–Crippen LogP) is 1.06. The second kappa shape index (κ2) is 3.86. The first-order valence-corrected chi connectivity index (χ1v) is 3.64. The molecule has 0 radical (unpaired) electrons. The van der Waals surface area contributed by atoms with Crippen molar-refractivity contribution < 1.29 is 9.60 Å². The molecule has 0 aliphatic carbocycles. The summed E-state index contributed by atoms with van der Waals surface area (Å²) < 4.78 is 12.9. The van der Waals surface area contributed by atoms with Crippen molar-refractivity contribution in [1.29, 1.82) is 0 Å². The molecule has 0 spiro atoms. The van der Waals surface area contributed by atoms with E-state index >= 15 is 0 Å². The van der Waals surface area contributed by atoms with Gasteiger partial charge >= 0.3 is 0 Å². The van der Waals surface area contributed by atoms with E-state index in [4.69, 9.17) is 10.9 Å². The van der Waals surface area contributed by atoms with E-state index < -0.39 is 0 Å². The van der Waals surface area contributed by atoms with Gasteiger partial charge < -0.3 is 5.73 Å². The van der Waals surface area contributed by atoms with Crippen LogP contribution in [0.1, 0.15) is 5.56 Å². The van der Waals surface area contributed by atoms with Crippen molar-refractivity contribution in [1.82, 2.24) is 5.48 Å². The minimum absolute atomic E-state index is 0.178. The largest absolute Gasteiger partial charge is 0.368 e. The number of aryl methyl sites for hydroxylation is 1. The number of nitrogens with two attached hydrogens (primary N) is 1. The molecule has 1 rings (SSSR count). The van der Waals surface area contributed by atoms with Crippen LogP contribution in [0.15, 0.2) is 23.2 Å². The maximum atomic E-state index is 12.9. The van der Waals surface area contributed by atoms with E-state index in [1.54, 1.807) is 24.5 Å². The fourth-order valence-electron chi connectivity index (χ4n) is 0.815. The van der Waals surface area contributed by atoms with Gasteiger partial charge in [0.2, 0.25) is 5.96 Å². The molecule has 0 bridgehead atoms. The molecule has 1 aromatic rings. The molecule has 4 N–H and O–H groups in total. The molecule has 70 valence electrons. The quantitative estimate of drug-likeness (QED) is 0.346. The summed E-state index contributed by atoms with van der Waals surface area (Å²) in [5.41, 5.74) is 7.70. The third kappa shape index (κ3) is 2.41. The monoisotopic (exact) mass is 183 g/mol. The Morgan fingerprint density at radius 2 is 2.31 bits per heavy atom. The van der Waals surface area contributed by atoms with E-state index in [1.165, 1.54) is 6.07 Å². The summed E-state index contributed by atoms with van der Waals surface area (Å²) in [4.78, 5) is 3.67. The molecule has 13 heavy (non-hydrogen) atoms. The van der Waals surface area contributed by atoms with Gasteiger partial charge in [0, 0.05) is 0 Å². The standard InChI is InChI=1S/C8H10FN3O/c1-5-2-3-6(4-7(5)9)11-8(10)12-13/h2-4,13H,1H3,(H3,10,11,12). The number of guanidine groups is 1. The zero-order chi connectivity index (χ0) is 9.84. The minimum atomic E-state index is -0.355. The van der Waals surface area contributed by atoms with Gasteiger partial charge in [-0.2, -0.15) is 0 Å². The molecular weight excluding hydrogens is 173 g/mol. The Bertz CT molecular complexity index is 338. The SMILES string of the molecule is Cc1ccc(N=C(N)NO)cc1F. The second-order valence-corrected chi connectivity index (χ2v) is 2.54. The van der Waals surface area contributed by atoms with Gasteiger partial charge in [-0.1, -0.05) is 6.07 Å². The van der Waals surface area contributed by atoms with E-state index in [0.717, 1.165) is 0 Å². The number of benzene rings is 1. The summed E-state index contributed by atoms with van der Waals surface area (Å²) >= 11 is 0. The van der Waals surface area contributed by atoms with Crippen molar-refractivity contribution in [3.8, 4) is 0 Å². The van der Waals surface area contributed by atoms with Gasteiger partial charge in [-0.3, -0.25) is 5.21 Å². The van der Waals surface area contributed by atoms with Crippen molar-refractivity contribution in [2.75, 3.05) is 0 Å². The van der Waals surface area contributed by atoms with Gasteiger partial charge in [0.25, 0.3) is 0 Å². The van der Waals surface area contributed by atoms with Crippen molar-refractivity contribution >= 4 is 11.6 Å². The average molecular weight is 183 g/mol. The highest BCUT2D eigenvalue weighted by atomic mass is 19.1. The third-order valence-electron chi connectivity index (χ3n) is 1.52. The van der Waals surface area contributed by atoms with E-state index in [1.807, 2.05) is 0 Å². The highest BCUT2D eigenvalue weighted by Crippen LogP contribution is 2.15. The van der Waals surface area contributed by atoms with Gasteiger partial charge in [-0.15, -0.1) is 0 Å². The number of rotatable bonds is 1. The van der Waals surface area contributed by atoms with Crippen LogP contribution in [0.5, 0.6) is 0 Å². The van der Waals surface area contributed by atoms with Crippen LogP contribution in [0, 0.1) is 12.7 Å². The molecule has 0 saturated carbocycles. The molecule has 0 aliphatic heterocycles. The lowest BCUT2D eigenvalue weighted by Crippen LogP contribution is -2.27. The van der Waals surface area contributed by atoms with Gasteiger partial charge in [-0.25, -0.2) is 14.9 Å². The van der Waals surface area contributed by atoms with Gasteiger partial charge in [0.15, 0.2) is 0 Å². The maximum absolute atomic E-state index is 12.9. The number of nitrogens with zero attached hydrogens (tertiary/aromatic N) is 1. The normalized spacial score (nSPS) is 11.5. The summed E-state index contributed by atoms with van der Waals surface area (Å²) in [6.45, 7) is 1.65. The molecule has 0 saturated heterocycles. The molecule has 0 aliphatic rings. The number of aliphatic imine (C=N–C) groups is 1. The lowest BCUT2D eigenvalue weighted by Gasteiger charge is -1.99. The van der Waals surface area contributed by atoms with Gasteiger partial charge in [0.05, 0.1) is 5.69 Å². The molecule has 0 fully saturated rings. The van der Waals surface area contributed by atoms with Crippen LogP contribution in [0.2, 0.25) is 0 Å². The average Bonchev–Trinajstić information content (AvgIpc) is 2.11. The van der Waals surface area contributed by atoms with Crippen LogP contribution >= 0.6 is 0 Å². The van der Waals surface area contributed by atoms with Crippen molar-refractivity contribution in [3.63, 3.8) is 0 Å². The van der Waals surface area contributed by atoms with Crippen LogP contribution in [-0.2, 0) is 0 Å². The summed E-state index contributed by atoms with van der Waals surface area (Å²) in [7, 11) is 0. The lowest BCUT2D eigenvalue weighted by atomic mass is 10.2. The van der Waals surface area contributed by atoms with Crippen LogP contribution in [-0.4, -0.2) is 11.2 Å². The lowest BCUT2D eigenvalue weighted by molar-refractivity contribution is 0.233. The van der Waals surface area contributed by atoms with E-state index in [0.29, 0.717) is 11.3 Å². The van der Waals surface area contributed by atoms with Gasteiger partial charge in [0.1, 0.15) is 5.82 Å². The second-order valence-electron chi connectivity index (χ2n) is 2.54. The summed E-state index contributed by atoms with van der Waals surface area (Å²) in [6, 6.07) is 4.42. The van der Waals surface area contributed by atoms with Crippen LogP contribution < -0.4 is 11.2 Å². The first kappa shape index (κ1) is 9.47. The van der Waals surface area contributed by atoms with E-state index in [9.17, 15) is 4.39 Å². The molecule has 0 unspecified atom stereocenters. The zero-order valence-corrected chi connectivity index (χ0v) is 7.08. The number of hydroxylamine groups is 1. The van der Waals surface area contributed by atoms with Gasteiger partial charge in [-0.05, 0) is 24.6 Å². The molecule has 0 atom stereocenters. The third-order valence-corrected chi connectivity index (χ3v) is 1.52. The number of hydrogen-bond acceptors (Lipinski definition) is 2. The Morgan fingerprint density at radius 1 is 1.62 bits per heavy atom. The Labute approximate surface area is 74.9 Å². The summed E-state index contributed by atoms with van der Waals surface area (Å²) in [5, 5.41) is 8.32.